The maximum atomic E-state index is 10.9. The zero-order chi connectivity index (χ0) is 9.84. The lowest BCUT2D eigenvalue weighted by atomic mass is 10.1. The Bertz CT molecular complexity index is 315. The fraction of sp³-hybridized carbons (Fsp3) is 0. The first kappa shape index (κ1) is 9.37. The highest BCUT2D eigenvalue weighted by Crippen LogP contribution is 2.13. The first-order valence-corrected chi connectivity index (χ1v) is 3.44. The number of nitrogens with one attached hydrogen (secondary N) is 1. The Hall–Kier alpha value is -1.72. The molecule has 0 spiro atoms. The normalized spacial score (nSPS) is 12.8. The van der Waals surface area contributed by atoms with Gasteiger partial charge in [-0.1, -0.05) is 12.1 Å². The molecule has 13 heavy (non-hydrogen) atoms. The zero-order valence-corrected chi connectivity index (χ0v) is 6.52. The highest BCUT2D eigenvalue weighted by atomic mass is 17.0. The summed E-state index contributed by atoms with van der Waals surface area (Å²) in [6.45, 7) is 0. The van der Waals surface area contributed by atoms with Gasteiger partial charge in [-0.25, -0.2) is 0 Å². The standard InChI is InChI=1S/C8H5NO2.H2O2/c10-7-5-3-1-2-4-6(5)8(11)9-7;1-2/h1-4H,(H,9,10,11);1-2H. The molecule has 0 radical (unpaired) electrons. The van der Waals surface area contributed by atoms with Crippen molar-refractivity contribution in [3.63, 3.8) is 0 Å². The second kappa shape index (κ2) is 3.79. The number of hydrogen-bond acceptors (Lipinski definition) is 4. The molecule has 2 amide bonds. The Morgan fingerprint density at radius 1 is 0.923 bits per heavy atom. The van der Waals surface area contributed by atoms with Gasteiger partial charge in [0.2, 0.25) is 0 Å². The summed E-state index contributed by atoms with van der Waals surface area (Å²) in [6, 6.07) is 6.74. The molecule has 0 aliphatic carbocycles. The molecule has 1 aliphatic rings. The molecule has 1 aliphatic heterocycles. The molecule has 0 aromatic heterocycles. The lowest BCUT2D eigenvalue weighted by Gasteiger charge is -1.88. The van der Waals surface area contributed by atoms with E-state index in [-0.39, 0.29) is 11.8 Å². The molecule has 0 bridgehead atoms. The van der Waals surface area contributed by atoms with Crippen molar-refractivity contribution >= 4 is 11.8 Å². The van der Waals surface area contributed by atoms with Crippen LogP contribution in [0.3, 0.4) is 0 Å². The lowest BCUT2D eigenvalue weighted by Crippen LogP contribution is -2.19. The Kier molecular flexibility index (Phi) is 2.73. The van der Waals surface area contributed by atoms with Crippen molar-refractivity contribution in [1.82, 2.24) is 5.32 Å². The van der Waals surface area contributed by atoms with Crippen LogP contribution in [0.5, 0.6) is 0 Å². The van der Waals surface area contributed by atoms with E-state index in [0.29, 0.717) is 11.1 Å². The Labute approximate surface area is 73.6 Å². The summed E-state index contributed by atoms with van der Waals surface area (Å²) in [4.78, 5) is 21.9. The molecule has 0 fully saturated rings. The molecule has 3 N–H and O–H groups in total. The monoisotopic (exact) mass is 181 g/mol. The van der Waals surface area contributed by atoms with Gasteiger partial charge >= 0.3 is 0 Å². The van der Waals surface area contributed by atoms with Crippen LogP contribution in [0.15, 0.2) is 24.3 Å². The van der Waals surface area contributed by atoms with E-state index < -0.39 is 0 Å². The molecule has 0 saturated carbocycles. The third kappa shape index (κ3) is 1.56. The summed E-state index contributed by atoms with van der Waals surface area (Å²) in [7, 11) is 0. The molecule has 1 aromatic carbocycles. The van der Waals surface area contributed by atoms with Crippen molar-refractivity contribution < 1.29 is 20.1 Å². The highest BCUT2D eigenvalue weighted by molar-refractivity contribution is 6.21. The van der Waals surface area contributed by atoms with Crippen LogP contribution in [0.2, 0.25) is 0 Å². The van der Waals surface area contributed by atoms with E-state index in [1.165, 1.54) is 0 Å². The van der Waals surface area contributed by atoms with E-state index in [0.717, 1.165) is 0 Å². The predicted octanol–water partition coefficient (Wildman–Crippen LogP) is 0.588. The topological polar surface area (TPSA) is 86.6 Å². The third-order valence-electron chi connectivity index (χ3n) is 1.64. The molecule has 0 saturated heterocycles. The summed E-state index contributed by atoms with van der Waals surface area (Å²) in [5, 5.41) is 14.2. The Morgan fingerprint density at radius 2 is 1.31 bits per heavy atom. The molecule has 68 valence electrons. The SMILES string of the molecule is O=C1NC(=O)c2ccccc21.OO. The van der Waals surface area contributed by atoms with Gasteiger partial charge in [0.25, 0.3) is 11.8 Å². The molecule has 1 aromatic rings. The van der Waals surface area contributed by atoms with E-state index in [1.807, 2.05) is 0 Å². The number of rotatable bonds is 0. The van der Waals surface area contributed by atoms with Gasteiger partial charge in [-0.3, -0.25) is 25.4 Å². The number of imide groups is 1. The maximum Gasteiger partial charge on any atom is 0.258 e. The second-order valence-corrected chi connectivity index (χ2v) is 2.33. The van der Waals surface area contributed by atoms with Crippen molar-refractivity contribution in [2.45, 2.75) is 0 Å². The molecule has 0 unspecified atom stereocenters. The van der Waals surface area contributed by atoms with Gasteiger partial charge in [-0.15, -0.1) is 0 Å². The van der Waals surface area contributed by atoms with E-state index in [4.69, 9.17) is 10.5 Å². The average Bonchev–Trinajstić information content (AvgIpc) is 2.47. The molecule has 0 atom stereocenters. The molecular weight excluding hydrogens is 174 g/mol. The largest absolute Gasteiger partial charge is 0.288 e. The first-order chi connectivity index (χ1) is 6.29. The van der Waals surface area contributed by atoms with E-state index in [1.54, 1.807) is 24.3 Å². The molecule has 2 rings (SSSR count). The first-order valence-electron chi connectivity index (χ1n) is 3.44. The minimum atomic E-state index is -0.300. The van der Waals surface area contributed by atoms with Crippen molar-refractivity contribution in [1.29, 1.82) is 0 Å². The molecule has 1 heterocycles. The third-order valence-corrected chi connectivity index (χ3v) is 1.64. The van der Waals surface area contributed by atoms with Crippen LogP contribution in [-0.2, 0) is 0 Å². The highest BCUT2D eigenvalue weighted by Gasteiger charge is 2.25. The maximum absolute atomic E-state index is 10.9. The van der Waals surface area contributed by atoms with Crippen LogP contribution in [0.1, 0.15) is 20.7 Å². The van der Waals surface area contributed by atoms with E-state index >= 15 is 0 Å². The zero-order valence-electron chi connectivity index (χ0n) is 6.52. The van der Waals surface area contributed by atoms with Crippen molar-refractivity contribution in [2.24, 2.45) is 0 Å². The van der Waals surface area contributed by atoms with Crippen LogP contribution in [0, 0.1) is 0 Å². The van der Waals surface area contributed by atoms with Crippen molar-refractivity contribution in [3.8, 4) is 0 Å². The van der Waals surface area contributed by atoms with Gasteiger partial charge in [0.1, 0.15) is 0 Å². The molecule has 5 nitrogen and oxygen atoms in total. The summed E-state index contributed by atoms with van der Waals surface area (Å²) in [5.41, 5.74) is 0.940. The molecule has 5 heteroatoms. The number of hydrogen-bond donors (Lipinski definition) is 3. The second-order valence-electron chi connectivity index (χ2n) is 2.33. The van der Waals surface area contributed by atoms with Crippen molar-refractivity contribution in [3.05, 3.63) is 35.4 Å². The van der Waals surface area contributed by atoms with Crippen LogP contribution >= 0.6 is 0 Å². The summed E-state index contributed by atoms with van der Waals surface area (Å²) < 4.78 is 0. The smallest absolute Gasteiger partial charge is 0.258 e. The van der Waals surface area contributed by atoms with Gasteiger partial charge in [-0.05, 0) is 12.1 Å². The van der Waals surface area contributed by atoms with Crippen molar-refractivity contribution in [2.75, 3.05) is 0 Å². The van der Waals surface area contributed by atoms with Gasteiger partial charge < -0.3 is 0 Å². The van der Waals surface area contributed by atoms with Gasteiger partial charge in [0.15, 0.2) is 0 Å². The fourth-order valence-corrected chi connectivity index (χ4v) is 1.12. The van der Waals surface area contributed by atoms with Gasteiger partial charge in [0, 0.05) is 0 Å². The van der Waals surface area contributed by atoms with Crippen LogP contribution in [-0.4, -0.2) is 22.3 Å². The summed E-state index contributed by atoms with van der Waals surface area (Å²) in [6.07, 6.45) is 0. The lowest BCUT2D eigenvalue weighted by molar-refractivity contribution is -0.176. The minimum Gasteiger partial charge on any atom is -0.288 e. The number of carbonyl (C=O) groups is 2. The summed E-state index contributed by atoms with van der Waals surface area (Å²) >= 11 is 0. The minimum absolute atomic E-state index is 0.300. The quantitative estimate of drug-likeness (QED) is 0.310. The number of carbonyl (C=O) groups excluding carboxylic acids is 2. The number of benzene rings is 1. The van der Waals surface area contributed by atoms with E-state index in [2.05, 4.69) is 5.32 Å². The molecular formula is C8H7NO4. The average molecular weight is 181 g/mol. The van der Waals surface area contributed by atoms with Crippen LogP contribution in [0.4, 0.5) is 0 Å². The Morgan fingerprint density at radius 3 is 1.69 bits per heavy atom. The van der Waals surface area contributed by atoms with Gasteiger partial charge in [0.05, 0.1) is 11.1 Å². The van der Waals surface area contributed by atoms with E-state index in [9.17, 15) is 9.59 Å². The summed E-state index contributed by atoms with van der Waals surface area (Å²) in [5.74, 6) is -0.601. The van der Waals surface area contributed by atoms with Crippen LogP contribution in [0.25, 0.3) is 0 Å². The fourth-order valence-electron chi connectivity index (χ4n) is 1.12. The van der Waals surface area contributed by atoms with Gasteiger partial charge in [-0.2, -0.15) is 0 Å². The predicted molar refractivity (Wildman–Crippen MR) is 43.5 cm³/mol. The number of fused-ring (bicyclic) bond motifs is 1. The Balaban J connectivity index is 0.000000396. The number of amides is 2. The van der Waals surface area contributed by atoms with Crippen LogP contribution < -0.4 is 5.32 Å².